The Morgan fingerprint density at radius 2 is 1.93 bits per heavy atom. The molecule has 7 heteroatoms. The molecule has 0 saturated carbocycles. The molecule has 0 bridgehead atoms. The number of nitrogens with zero attached hydrogens (tertiary/aromatic N) is 2. The molecule has 0 atom stereocenters. The molecule has 2 aromatic carbocycles. The number of nitrogens with one attached hydrogen (secondary N) is 1. The van der Waals surface area contributed by atoms with Crippen molar-refractivity contribution in [1.82, 2.24) is 9.55 Å². The Bertz CT molecular complexity index is 1150. The molecule has 136 valence electrons. The van der Waals surface area contributed by atoms with Crippen LogP contribution in [0.2, 0.25) is 10.0 Å². The smallest absolute Gasteiger partial charge is 0.265 e. The lowest BCUT2D eigenvalue weighted by atomic mass is 10.3. The van der Waals surface area contributed by atoms with Crippen molar-refractivity contribution in [3.8, 4) is 10.7 Å². The second-order valence-electron chi connectivity index (χ2n) is 5.92. The summed E-state index contributed by atoms with van der Waals surface area (Å²) < 4.78 is 2.15. The van der Waals surface area contributed by atoms with Crippen LogP contribution in [-0.2, 0) is 6.54 Å². The maximum atomic E-state index is 12.6. The molecule has 4 nitrogen and oxygen atoms in total. The number of carbonyl (C=O) groups excluding carboxylic acids is 1. The van der Waals surface area contributed by atoms with Crippen LogP contribution >= 0.6 is 34.5 Å². The van der Waals surface area contributed by atoms with Crippen molar-refractivity contribution in [2.75, 3.05) is 5.32 Å². The van der Waals surface area contributed by atoms with E-state index in [9.17, 15) is 4.79 Å². The quantitative estimate of drug-likeness (QED) is 0.422. The molecule has 0 aliphatic heterocycles. The fourth-order valence-electron chi connectivity index (χ4n) is 2.93. The third-order valence-electron chi connectivity index (χ3n) is 4.20. The molecular weight excluding hydrogens is 401 g/mol. The van der Waals surface area contributed by atoms with Crippen molar-refractivity contribution in [1.29, 1.82) is 0 Å². The number of para-hydroxylation sites is 2. The summed E-state index contributed by atoms with van der Waals surface area (Å²) in [6, 6.07) is 16.8. The topological polar surface area (TPSA) is 46.9 Å². The van der Waals surface area contributed by atoms with Crippen LogP contribution < -0.4 is 5.32 Å². The maximum absolute atomic E-state index is 12.6. The van der Waals surface area contributed by atoms with Crippen molar-refractivity contribution in [3.05, 3.63) is 69.5 Å². The van der Waals surface area contributed by atoms with Crippen LogP contribution in [0.15, 0.2) is 54.6 Å². The first kappa shape index (κ1) is 18.0. The minimum Gasteiger partial charge on any atom is -0.324 e. The lowest BCUT2D eigenvalue weighted by molar-refractivity contribution is 0.103. The fourth-order valence-corrected chi connectivity index (χ4v) is 4.13. The monoisotopic (exact) mass is 415 g/mol. The molecule has 27 heavy (non-hydrogen) atoms. The first-order valence-corrected chi connectivity index (χ1v) is 9.96. The Hall–Kier alpha value is -2.34. The van der Waals surface area contributed by atoms with Gasteiger partial charge in [-0.3, -0.25) is 4.79 Å². The van der Waals surface area contributed by atoms with Gasteiger partial charge < -0.3 is 9.88 Å². The van der Waals surface area contributed by atoms with E-state index in [2.05, 4.69) is 22.9 Å². The first-order chi connectivity index (χ1) is 13.1. The van der Waals surface area contributed by atoms with E-state index in [1.165, 1.54) is 11.3 Å². The highest BCUT2D eigenvalue weighted by Gasteiger charge is 2.16. The third-order valence-corrected chi connectivity index (χ3v) is 6.02. The highest BCUT2D eigenvalue weighted by molar-refractivity contribution is 7.17. The van der Waals surface area contributed by atoms with Crippen molar-refractivity contribution < 1.29 is 4.79 Å². The standard InChI is InChI=1S/C20H15Cl2N3OS/c1-2-25-16-6-4-3-5-15(16)24-19(25)17-9-10-18(27-17)20(26)23-12-7-8-13(21)14(22)11-12/h3-11H,2H2,1H3,(H,23,26). The Morgan fingerprint density at radius 1 is 1.11 bits per heavy atom. The van der Waals surface area contributed by atoms with E-state index in [4.69, 9.17) is 28.2 Å². The number of carbonyl (C=O) groups is 1. The van der Waals surface area contributed by atoms with Crippen molar-refractivity contribution >= 4 is 57.2 Å². The molecule has 0 aliphatic rings. The van der Waals surface area contributed by atoms with Gasteiger partial charge in [0.1, 0.15) is 0 Å². The van der Waals surface area contributed by atoms with E-state index < -0.39 is 0 Å². The summed E-state index contributed by atoms with van der Waals surface area (Å²) in [6.07, 6.45) is 0. The Balaban J connectivity index is 1.63. The second-order valence-corrected chi connectivity index (χ2v) is 7.81. The van der Waals surface area contributed by atoms with Gasteiger partial charge in [0.05, 0.1) is 30.8 Å². The second kappa shape index (κ2) is 7.35. The van der Waals surface area contributed by atoms with Crippen LogP contribution in [0.1, 0.15) is 16.6 Å². The molecular formula is C20H15Cl2N3OS. The molecule has 0 saturated heterocycles. The minimum atomic E-state index is -0.191. The van der Waals surface area contributed by atoms with Crippen LogP contribution in [0.5, 0.6) is 0 Å². The number of imidazole rings is 1. The highest BCUT2D eigenvalue weighted by atomic mass is 35.5. The highest BCUT2D eigenvalue weighted by Crippen LogP contribution is 2.31. The van der Waals surface area contributed by atoms with Crippen LogP contribution in [0.25, 0.3) is 21.7 Å². The third kappa shape index (κ3) is 3.46. The van der Waals surface area contributed by atoms with E-state index in [1.54, 1.807) is 18.2 Å². The van der Waals surface area contributed by atoms with E-state index in [-0.39, 0.29) is 5.91 Å². The summed E-state index contributed by atoms with van der Waals surface area (Å²) in [4.78, 5) is 18.9. The number of rotatable bonds is 4. The lowest BCUT2D eigenvalue weighted by Gasteiger charge is -2.05. The zero-order chi connectivity index (χ0) is 19.0. The number of fused-ring (bicyclic) bond motifs is 1. The zero-order valence-corrected chi connectivity index (χ0v) is 16.7. The Kier molecular flexibility index (Phi) is 4.91. The van der Waals surface area contributed by atoms with Crippen LogP contribution in [0.4, 0.5) is 5.69 Å². The Labute approximate surface area is 170 Å². The number of hydrogen-bond donors (Lipinski definition) is 1. The van der Waals surface area contributed by atoms with Crippen LogP contribution in [0, 0.1) is 0 Å². The van der Waals surface area contributed by atoms with Gasteiger partial charge in [-0.2, -0.15) is 0 Å². The van der Waals surface area contributed by atoms with Gasteiger partial charge in [-0.25, -0.2) is 4.98 Å². The van der Waals surface area contributed by atoms with Gasteiger partial charge in [0.2, 0.25) is 0 Å². The number of anilines is 1. The SMILES string of the molecule is CCn1c(-c2ccc(C(=O)Nc3ccc(Cl)c(Cl)c3)s2)nc2ccccc21. The first-order valence-electron chi connectivity index (χ1n) is 8.38. The number of aryl methyl sites for hydroxylation is 1. The molecule has 0 spiro atoms. The summed E-state index contributed by atoms with van der Waals surface area (Å²) >= 11 is 13.3. The summed E-state index contributed by atoms with van der Waals surface area (Å²) in [5.74, 6) is 0.682. The molecule has 2 heterocycles. The predicted molar refractivity (Wildman–Crippen MR) is 113 cm³/mol. The fraction of sp³-hybridized carbons (Fsp3) is 0.100. The zero-order valence-electron chi connectivity index (χ0n) is 14.4. The van der Waals surface area contributed by atoms with Crippen LogP contribution in [-0.4, -0.2) is 15.5 Å². The molecule has 0 fully saturated rings. The maximum Gasteiger partial charge on any atom is 0.265 e. The number of aromatic nitrogens is 2. The van der Waals surface area contributed by atoms with E-state index in [0.717, 1.165) is 28.3 Å². The normalized spacial score (nSPS) is 11.1. The van der Waals surface area contributed by atoms with Crippen molar-refractivity contribution in [2.24, 2.45) is 0 Å². The van der Waals surface area contributed by atoms with Crippen molar-refractivity contribution in [2.45, 2.75) is 13.5 Å². The van der Waals surface area contributed by atoms with E-state index in [0.29, 0.717) is 20.6 Å². The summed E-state index contributed by atoms with van der Waals surface area (Å²) in [6.45, 7) is 2.89. The van der Waals surface area contributed by atoms with Crippen molar-refractivity contribution in [3.63, 3.8) is 0 Å². The average molecular weight is 416 g/mol. The van der Waals surface area contributed by atoms with E-state index >= 15 is 0 Å². The predicted octanol–water partition coefficient (Wildman–Crippen LogP) is 6.34. The molecule has 2 aromatic heterocycles. The molecule has 4 rings (SSSR count). The van der Waals surface area contributed by atoms with E-state index in [1.807, 2.05) is 30.3 Å². The summed E-state index contributed by atoms with van der Waals surface area (Å²) in [7, 11) is 0. The molecule has 1 amide bonds. The minimum absolute atomic E-state index is 0.191. The molecule has 4 aromatic rings. The summed E-state index contributed by atoms with van der Waals surface area (Å²) in [5.41, 5.74) is 2.64. The Morgan fingerprint density at radius 3 is 2.70 bits per heavy atom. The number of benzene rings is 2. The largest absolute Gasteiger partial charge is 0.324 e. The molecule has 1 N–H and O–H groups in total. The number of halogens is 2. The van der Waals surface area contributed by atoms with Gasteiger partial charge >= 0.3 is 0 Å². The lowest BCUT2D eigenvalue weighted by Crippen LogP contribution is -2.09. The average Bonchev–Trinajstić information content (AvgIpc) is 3.29. The van der Waals surface area contributed by atoms with Crippen LogP contribution in [0.3, 0.4) is 0 Å². The van der Waals surface area contributed by atoms with Gasteiger partial charge in [0.25, 0.3) is 5.91 Å². The number of hydrogen-bond acceptors (Lipinski definition) is 3. The van der Waals surface area contributed by atoms with Gasteiger partial charge in [-0.1, -0.05) is 35.3 Å². The van der Waals surface area contributed by atoms with Gasteiger partial charge in [0, 0.05) is 12.2 Å². The van der Waals surface area contributed by atoms with Gasteiger partial charge in [-0.05, 0) is 49.4 Å². The molecule has 0 unspecified atom stereocenters. The summed E-state index contributed by atoms with van der Waals surface area (Å²) in [5, 5.41) is 3.70. The number of thiophene rings is 1. The molecule has 0 radical (unpaired) electrons. The van der Waals surface area contributed by atoms with Gasteiger partial charge in [0.15, 0.2) is 5.82 Å². The molecule has 0 aliphatic carbocycles. The number of amides is 1. The van der Waals surface area contributed by atoms with Gasteiger partial charge in [-0.15, -0.1) is 11.3 Å².